The molecule has 1 aromatic carbocycles. The van der Waals surface area contributed by atoms with Crippen LogP contribution in [0, 0.1) is 5.82 Å². The molecule has 0 atom stereocenters. The molecule has 1 heterocycles. The molecule has 2 rings (SSSR count). The zero-order valence-electron chi connectivity index (χ0n) is 9.44. The summed E-state index contributed by atoms with van der Waals surface area (Å²) >= 11 is 3.27. The first-order valence-electron chi connectivity index (χ1n) is 5.19. The van der Waals surface area contributed by atoms with Gasteiger partial charge in [-0.3, -0.25) is 0 Å². The molecule has 4 nitrogen and oxygen atoms in total. The first-order chi connectivity index (χ1) is 8.63. The average Bonchev–Trinajstić information content (AvgIpc) is 2.81. The van der Waals surface area contributed by atoms with E-state index in [1.165, 1.54) is 18.2 Å². The summed E-state index contributed by atoms with van der Waals surface area (Å²) in [6.45, 7) is 1.92. The molecule has 0 saturated heterocycles. The summed E-state index contributed by atoms with van der Waals surface area (Å²) in [5.74, 6) is -0.850. The fraction of sp³-hybridized carbons (Fsp3) is 0.167. The number of esters is 1. The van der Waals surface area contributed by atoms with Crippen molar-refractivity contribution in [2.24, 2.45) is 0 Å². The minimum atomic E-state index is -0.600. The lowest BCUT2D eigenvalue weighted by Gasteiger charge is -2.03. The Balaban J connectivity index is 2.48. The van der Waals surface area contributed by atoms with Gasteiger partial charge in [-0.2, -0.15) is 0 Å². The van der Waals surface area contributed by atoms with E-state index < -0.39 is 11.8 Å². The van der Waals surface area contributed by atoms with Gasteiger partial charge in [-0.15, -0.1) is 0 Å². The Morgan fingerprint density at radius 3 is 3.06 bits per heavy atom. The van der Waals surface area contributed by atoms with Crippen LogP contribution in [0.2, 0.25) is 0 Å². The molecule has 0 aliphatic rings. The predicted octanol–water partition coefficient (Wildman–Crippen LogP) is 3.42. The molecule has 0 N–H and O–H groups in total. The Hall–Kier alpha value is -1.69. The van der Waals surface area contributed by atoms with Gasteiger partial charge in [0.05, 0.1) is 6.61 Å². The van der Waals surface area contributed by atoms with Crippen LogP contribution in [-0.2, 0) is 4.74 Å². The summed E-state index contributed by atoms with van der Waals surface area (Å²) in [6.07, 6.45) is 1.12. The van der Waals surface area contributed by atoms with Crippen molar-refractivity contribution in [2.75, 3.05) is 6.61 Å². The highest BCUT2D eigenvalue weighted by Gasteiger charge is 2.21. The normalized spacial score (nSPS) is 10.4. The van der Waals surface area contributed by atoms with Gasteiger partial charge in [0.25, 0.3) is 0 Å². The smallest absolute Gasteiger partial charge is 0.360 e. The highest BCUT2D eigenvalue weighted by molar-refractivity contribution is 9.10. The number of oxazole rings is 1. The molecular weight excluding hydrogens is 305 g/mol. The summed E-state index contributed by atoms with van der Waals surface area (Å²) in [6, 6.07) is 4.09. The SMILES string of the molecule is CCOC(=O)c1ncoc1-c1cc(F)ccc1Br. The third-order valence-corrected chi connectivity index (χ3v) is 2.90. The maximum absolute atomic E-state index is 13.2. The largest absolute Gasteiger partial charge is 0.461 e. The molecule has 0 aliphatic heterocycles. The number of halogens is 2. The van der Waals surface area contributed by atoms with Gasteiger partial charge in [0.2, 0.25) is 0 Å². The van der Waals surface area contributed by atoms with Crippen LogP contribution < -0.4 is 0 Å². The van der Waals surface area contributed by atoms with Crippen LogP contribution in [0.1, 0.15) is 17.4 Å². The van der Waals surface area contributed by atoms with Crippen molar-refractivity contribution < 1.29 is 18.3 Å². The Labute approximate surface area is 111 Å². The molecule has 0 unspecified atom stereocenters. The van der Waals surface area contributed by atoms with Crippen molar-refractivity contribution >= 4 is 21.9 Å². The number of ether oxygens (including phenoxy) is 1. The summed E-state index contributed by atoms with van der Waals surface area (Å²) in [7, 11) is 0. The number of nitrogens with zero attached hydrogens (tertiary/aromatic N) is 1. The molecule has 94 valence electrons. The third kappa shape index (κ3) is 2.43. The lowest BCUT2D eigenvalue weighted by Crippen LogP contribution is -2.06. The van der Waals surface area contributed by atoms with Crippen LogP contribution >= 0.6 is 15.9 Å². The molecule has 0 radical (unpaired) electrons. The molecular formula is C12H9BrFNO3. The summed E-state index contributed by atoms with van der Waals surface area (Å²) in [4.78, 5) is 15.4. The zero-order chi connectivity index (χ0) is 13.1. The van der Waals surface area contributed by atoms with Crippen LogP contribution in [0.25, 0.3) is 11.3 Å². The van der Waals surface area contributed by atoms with E-state index in [0.717, 1.165) is 6.39 Å². The Morgan fingerprint density at radius 1 is 1.56 bits per heavy atom. The lowest BCUT2D eigenvalue weighted by atomic mass is 10.1. The van der Waals surface area contributed by atoms with Gasteiger partial charge < -0.3 is 9.15 Å². The van der Waals surface area contributed by atoms with Gasteiger partial charge in [-0.1, -0.05) is 15.9 Å². The van der Waals surface area contributed by atoms with E-state index in [2.05, 4.69) is 20.9 Å². The Morgan fingerprint density at radius 2 is 2.33 bits per heavy atom. The molecule has 0 fully saturated rings. The number of aromatic nitrogens is 1. The number of rotatable bonds is 3. The summed E-state index contributed by atoms with van der Waals surface area (Å²) in [5.41, 5.74) is 0.443. The van der Waals surface area contributed by atoms with Crippen LogP contribution in [0.4, 0.5) is 4.39 Å². The van der Waals surface area contributed by atoms with Gasteiger partial charge in [0.15, 0.2) is 17.8 Å². The van der Waals surface area contributed by atoms with E-state index in [-0.39, 0.29) is 18.1 Å². The first-order valence-corrected chi connectivity index (χ1v) is 5.98. The van der Waals surface area contributed by atoms with Gasteiger partial charge in [-0.05, 0) is 25.1 Å². The molecule has 0 bridgehead atoms. The van der Waals surface area contributed by atoms with Crippen LogP contribution in [0.15, 0.2) is 33.5 Å². The van der Waals surface area contributed by atoms with E-state index >= 15 is 0 Å². The number of hydrogen-bond donors (Lipinski definition) is 0. The Kier molecular flexibility index (Phi) is 3.76. The van der Waals surface area contributed by atoms with Gasteiger partial charge in [0, 0.05) is 10.0 Å². The van der Waals surface area contributed by atoms with Gasteiger partial charge >= 0.3 is 5.97 Å². The highest BCUT2D eigenvalue weighted by atomic mass is 79.9. The fourth-order valence-corrected chi connectivity index (χ4v) is 1.88. The van der Waals surface area contributed by atoms with Crippen LogP contribution in [-0.4, -0.2) is 17.6 Å². The monoisotopic (exact) mass is 313 g/mol. The number of benzene rings is 1. The van der Waals surface area contributed by atoms with Crippen molar-refractivity contribution in [3.8, 4) is 11.3 Å². The molecule has 6 heteroatoms. The van der Waals surface area contributed by atoms with E-state index in [1.807, 2.05) is 0 Å². The summed E-state index contributed by atoms with van der Waals surface area (Å²) in [5, 5.41) is 0. The van der Waals surface area contributed by atoms with E-state index in [0.29, 0.717) is 10.0 Å². The molecule has 0 spiro atoms. The van der Waals surface area contributed by atoms with E-state index in [1.54, 1.807) is 6.92 Å². The second-order valence-electron chi connectivity index (χ2n) is 3.37. The molecule has 0 saturated carbocycles. The molecule has 18 heavy (non-hydrogen) atoms. The molecule has 2 aromatic rings. The summed E-state index contributed by atoms with van der Waals surface area (Å²) < 4.78 is 23.8. The minimum absolute atomic E-state index is 0.0307. The van der Waals surface area contributed by atoms with Crippen molar-refractivity contribution in [2.45, 2.75) is 6.92 Å². The highest BCUT2D eigenvalue weighted by Crippen LogP contribution is 2.31. The third-order valence-electron chi connectivity index (χ3n) is 2.21. The van der Waals surface area contributed by atoms with Crippen molar-refractivity contribution in [1.29, 1.82) is 0 Å². The molecule has 0 aliphatic carbocycles. The molecule has 0 amide bonds. The van der Waals surface area contributed by atoms with Gasteiger partial charge in [-0.25, -0.2) is 14.2 Å². The molecule has 1 aromatic heterocycles. The predicted molar refractivity (Wildman–Crippen MR) is 65.6 cm³/mol. The second kappa shape index (κ2) is 5.30. The Bertz CT molecular complexity index is 582. The lowest BCUT2D eigenvalue weighted by molar-refractivity contribution is 0.0520. The average molecular weight is 314 g/mol. The van der Waals surface area contributed by atoms with Crippen molar-refractivity contribution in [3.05, 3.63) is 40.6 Å². The van der Waals surface area contributed by atoms with Gasteiger partial charge in [0.1, 0.15) is 5.82 Å². The minimum Gasteiger partial charge on any atom is -0.461 e. The number of carbonyl (C=O) groups is 1. The van der Waals surface area contributed by atoms with Crippen molar-refractivity contribution in [1.82, 2.24) is 4.98 Å². The van der Waals surface area contributed by atoms with Crippen LogP contribution in [0.5, 0.6) is 0 Å². The number of hydrogen-bond acceptors (Lipinski definition) is 4. The topological polar surface area (TPSA) is 52.3 Å². The van der Waals surface area contributed by atoms with E-state index in [9.17, 15) is 9.18 Å². The standard InChI is InChI=1S/C12H9BrFNO3/c1-2-17-12(16)10-11(18-6-15-10)8-5-7(14)3-4-9(8)13/h3-6H,2H2,1H3. The quantitative estimate of drug-likeness (QED) is 0.815. The van der Waals surface area contributed by atoms with Crippen LogP contribution in [0.3, 0.4) is 0 Å². The maximum atomic E-state index is 13.2. The second-order valence-corrected chi connectivity index (χ2v) is 4.23. The fourth-order valence-electron chi connectivity index (χ4n) is 1.45. The van der Waals surface area contributed by atoms with Crippen molar-refractivity contribution in [3.63, 3.8) is 0 Å². The van der Waals surface area contributed by atoms with E-state index in [4.69, 9.17) is 9.15 Å². The maximum Gasteiger partial charge on any atom is 0.360 e. The number of carbonyl (C=O) groups excluding carboxylic acids is 1. The zero-order valence-corrected chi connectivity index (χ0v) is 11.0. The first kappa shape index (κ1) is 12.8.